The van der Waals surface area contributed by atoms with Gasteiger partial charge in [0.2, 0.25) is 5.91 Å². The Kier molecular flexibility index (Phi) is 5.99. The molecule has 0 unspecified atom stereocenters. The molecule has 0 bridgehead atoms. The summed E-state index contributed by atoms with van der Waals surface area (Å²) >= 11 is 0. The second-order valence-electron chi connectivity index (χ2n) is 6.57. The number of aromatic nitrogens is 1. The fraction of sp³-hybridized carbons (Fsp3) is 0.227. The van der Waals surface area contributed by atoms with E-state index >= 15 is 0 Å². The van der Waals surface area contributed by atoms with Gasteiger partial charge in [-0.15, -0.1) is 0 Å². The van der Waals surface area contributed by atoms with Gasteiger partial charge in [0.15, 0.2) is 12.0 Å². The van der Waals surface area contributed by atoms with Gasteiger partial charge >= 0.3 is 0 Å². The van der Waals surface area contributed by atoms with Gasteiger partial charge in [0.1, 0.15) is 11.3 Å². The number of aldehydes is 1. The van der Waals surface area contributed by atoms with Crippen molar-refractivity contribution in [2.75, 3.05) is 6.61 Å². The van der Waals surface area contributed by atoms with E-state index in [0.29, 0.717) is 36.0 Å². The topological polar surface area (TPSA) is 82.3 Å². The number of carbonyl (C=O) groups excluding carboxylic acids is 2. The van der Waals surface area contributed by atoms with E-state index in [9.17, 15) is 14.0 Å². The number of nitrogens with two attached hydrogens (primary N) is 1. The Hall–Kier alpha value is -3.28. The lowest BCUT2D eigenvalue weighted by Crippen LogP contribution is -2.13. The molecule has 0 saturated heterocycles. The molecule has 0 aliphatic carbocycles. The largest absolute Gasteiger partial charge is 0.491 e. The van der Waals surface area contributed by atoms with E-state index < -0.39 is 5.91 Å². The zero-order valence-corrected chi connectivity index (χ0v) is 15.6. The summed E-state index contributed by atoms with van der Waals surface area (Å²) in [5.41, 5.74) is 8.16. The highest BCUT2D eigenvalue weighted by Crippen LogP contribution is 2.32. The summed E-state index contributed by atoms with van der Waals surface area (Å²) in [6, 6.07) is 9.45. The fourth-order valence-corrected chi connectivity index (χ4v) is 3.03. The Morgan fingerprint density at radius 1 is 1.21 bits per heavy atom. The first-order chi connectivity index (χ1) is 13.5. The molecule has 0 atom stereocenters. The number of ether oxygens (including phenoxy) is 1. The molecule has 2 N–H and O–H groups in total. The average Bonchev–Trinajstić information content (AvgIpc) is 2.69. The SMILES string of the molecule is CCCCOc1c(C=O)cc(C(N)=O)c2cc(Cc3ccc(F)cc3)cnc12. The highest BCUT2D eigenvalue weighted by atomic mass is 19.1. The van der Waals surface area contributed by atoms with Crippen molar-refractivity contribution in [1.82, 2.24) is 4.98 Å². The summed E-state index contributed by atoms with van der Waals surface area (Å²) in [7, 11) is 0. The highest BCUT2D eigenvalue weighted by Gasteiger charge is 2.18. The smallest absolute Gasteiger partial charge is 0.249 e. The quantitative estimate of drug-likeness (QED) is 0.472. The molecule has 0 saturated carbocycles. The van der Waals surface area contributed by atoms with Gasteiger partial charge in [-0.3, -0.25) is 14.6 Å². The Morgan fingerprint density at radius 3 is 2.61 bits per heavy atom. The second-order valence-corrected chi connectivity index (χ2v) is 6.57. The number of rotatable bonds is 8. The molecule has 28 heavy (non-hydrogen) atoms. The molecule has 5 nitrogen and oxygen atoms in total. The third-order valence-corrected chi connectivity index (χ3v) is 4.47. The molecule has 0 fully saturated rings. The molecule has 0 aliphatic heterocycles. The third kappa shape index (κ3) is 4.17. The molecular formula is C22H21FN2O3. The van der Waals surface area contributed by atoms with E-state index in [1.54, 1.807) is 18.3 Å². The number of primary amides is 1. The maximum atomic E-state index is 13.1. The number of amides is 1. The summed E-state index contributed by atoms with van der Waals surface area (Å²) in [5, 5.41) is 0.532. The van der Waals surface area contributed by atoms with Crippen LogP contribution in [0.15, 0.2) is 42.6 Å². The maximum Gasteiger partial charge on any atom is 0.249 e. The van der Waals surface area contributed by atoms with Crippen LogP contribution in [0.3, 0.4) is 0 Å². The van der Waals surface area contributed by atoms with Crippen LogP contribution in [0.25, 0.3) is 10.9 Å². The van der Waals surface area contributed by atoms with Gasteiger partial charge in [0, 0.05) is 17.1 Å². The zero-order valence-electron chi connectivity index (χ0n) is 15.6. The highest BCUT2D eigenvalue weighted by molar-refractivity contribution is 6.09. The van der Waals surface area contributed by atoms with E-state index in [4.69, 9.17) is 10.5 Å². The molecule has 1 aromatic heterocycles. The van der Waals surface area contributed by atoms with Crippen molar-refractivity contribution in [2.24, 2.45) is 5.73 Å². The number of carbonyl (C=O) groups is 2. The van der Waals surface area contributed by atoms with Gasteiger partial charge in [-0.2, -0.15) is 0 Å². The minimum atomic E-state index is -0.644. The van der Waals surface area contributed by atoms with Gasteiger partial charge in [-0.05, 0) is 48.2 Å². The first-order valence-corrected chi connectivity index (χ1v) is 9.11. The number of fused-ring (bicyclic) bond motifs is 1. The lowest BCUT2D eigenvalue weighted by Gasteiger charge is -2.14. The second kappa shape index (κ2) is 8.61. The molecule has 2 aromatic carbocycles. The van der Waals surface area contributed by atoms with Gasteiger partial charge in [0.25, 0.3) is 0 Å². The van der Waals surface area contributed by atoms with Crippen LogP contribution in [0.5, 0.6) is 5.75 Å². The van der Waals surface area contributed by atoms with Crippen LogP contribution in [-0.2, 0) is 6.42 Å². The normalized spacial score (nSPS) is 10.8. The number of benzene rings is 2. The van der Waals surface area contributed by atoms with E-state index in [1.807, 2.05) is 13.0 Å². The molecule has 0 aliphatic rings. The van der Waals surface area contributed by atoms with Crippen molar-refractivity contribution < 1.29 is 18.7 Å². The molecule has 1 amide bonds. The zero-order chi connectivity index (χ0) is 20.1. The molecule has 144 valence electrons. The number of nitrogens with zero attached hydrogens (tertiary/aromatic N) is 1. The third-order valence-electron chi connectivity index (χ3n) is 4.47. The van der Waals surface area contributed by atoms with E-state index in [1.165, 1.54) is 18.2 Å². The first-order valence-electron chi connectivity index (χ1n) is 9.11. The van der Waals surface area contributed by atoms with E-state index in [-0.39, 0.29) is 16.9 Å². The number of hydrogen-bond acceptors (Lipinski definition) is 4. The lowest BCUT2D eigenvalue weighted by molar-refractivity contribution is 0.100. The Balaban J connectivity index is 2.09. The van der Waals surface area contributed by atoms with Crippen molar-refractivity contribution >= 4 is 23.1 Å². The van der Waals surface area contributed by atoms with Crippen LogP contribution in [-0.4, -0.2) is 23.8 Å². The number of unbranched alkanes of at least 4 members (excludes halogenated alkanes) is 1. The Morgan fingerprint density at radius 2 is 1.96 bits per heavy atom. The molecule has 3 aromatic rings. The van der Waals surface area contributed by atoms with Crippen molar-refractivity contribution in [3.05, 3.63) is 70.7 Å². The van der Waals surface area contributed by atoms with E-state index in [0.717, 1.165) is 24.0 Å². The monoisotopic (exact) mass is 380 g/mol. The predicted molar refractivity (Wildman–Crippen MR) is 105 cm³/mol. The fourth-order valence-electron chi connectivity index (χ4n) is 3.03. The van der Waals surface area contributed by atoms with Crippen LogP contribution in [0.1, 0.15) is 51.6 Å². The van der Waals surface area contributed by atoms with Crippen molar-refractivity contribution in [3.63, 3.8) is 0 Å². The number of halogens is 1. The first kappa shape index (κ1) is 19.5. The van der Waals surface area contributed by atoms with Crippen LogP contribution >= 0.6 is 0 Å². The molecular weight excluding hydrogens is 359 g/mol. The van der Waals surface area contributed by atoms with Crippen molar-refractivity contribution in [1.29, 1.82) is 0 Å². The van der Waals surface area contributed by atoms with Crippen LogP contribution in [0.4, 0.5) is 4.39 Å². The lowest BCUT2D eigenvalue weighted by atomic mass is 9.99. The molecule has 1 heterocycles. The molecule has 0 spiro atoms. The van der Waals surface area contributed by atoms with Gasteiger partial charge < -0.3 is 10.5 Å². The minimum Gasteiger partial charge on any atom is -0.491 e. The molecule has 0 radical (unpaired) electrons. The Bertz CT molecular complexity index is 1020. The predicted octanol–water partition coefficient (Wildman–Crippen LogP) is 4.06. The maximum absolute atomic E-state index is 13.1. The van der Waals surface area contributed by atoms with Crippen LogP contribution in [0.2, 0.25) is 0 Å². The number of pyridine rings is 1. The average molecular weight is 380 g/mol. The van der Waals surface area contributed by atoms with Gasteiger partial charge in [0.05, 0.1) is 12.2 Å². The molecule has 3 rings (SSSR count). The summed E-state index contributed by atoms with van der Waals surface area (Å²) in [6.07, 6.45) is 4.60. The summed E-state index contributed by atoms with van der Waals surface area (Å²) in [5.74, 6) is -0.586. The van der Waals surface area contributed by atoms with Gasteiger partial charge in [-0.25, -0.2) is 4.39 Å². The Labute approximate surface area is 162 Å². The van der Waals surface area contributed by atoms with Crippen molar-refractivity contribution in [3.8, 4) is 5.75 Å². The van der Waals surface area contributed by atoms with Crippen LogP contribution in [0, 0.1) is 5.82 Å². The standard InChI is InChI=1S/C22H21FN2O3/c1-2-3-8-28-21-16(13-26)11-19(22(24)27)18-10-15(12-25-20(18)21)9-14-4-6-17(23)7-5-14/h4-7,10-13H,2-3,8-9H2,1H3,(H2,24,27). The summed E-state index contributed by atoms with van der Waals surface area (Å²) < 4.78 is 18.9. The van der Waals surface area contributed by atoms with Crippen LogP contribution < -0.4 is 10.5 Å². The number of hydrogen-bond donors (Lipinski definition) is 1. The van der Waals surface area contributed by atoms with Crippen molar-refractivity contribution in [2.45, 2.75) is 26.2 Å². The minimum absolute atomic E-state index is 0.216. The summed E-state index contributed by atoms with van der Waals surface area (Å²) in [4.78, 5) is 27.9. The van der Waals surface area contributed by atoms with Gasteiger partial charge in [-0.1, -0.05) is 25.5 Å². The summed E-state index contributed by atoms with van der Waals surface area (Å²) in [6.45, 7) is 2.49. The van der Waals surface area contributed by atoms with E-state index in [2.05, 4.69) is 4.98 Å². The molecule has 6 heteroatoms.